The number of aliphatic hydroxyl groups is 1. The highest BCUT2D eigenvalue weighted by molar-refractivity contribution is 5.89. The van der Waals surface area contributed by atoms with Gasteiger partial charge in [0.2, 0.25) is 0 Å². The smallest absolute Gasteiger partial charge is 0.319 e. The molecule has 0 aliphatic rings. The van der Waals surface area contributed by atoms with Crippen LogP contribution in [-0.2, 0) is 0 Å². The molecule has 0 saturated carbocycles. The first-order valence-corrected chi connectivity index (χ1v) is 7.79. The van der Waals surface area contributed by atoms with Crippen molar-refractivity contribution in [2.45, 2.75) is 53.2 Å². The maximum atomic E-state index is 12.0. The van der Waals surface area contributed by atoms with Gasteiger partial charge in [-0.1, -0.05) is 13.8 Å². The zero-order valence-electron chi connectivity index (χ0n) is 14.1. The molecule has 0 fully saturated rings. The Morgan fingerprint density at radius 3 is 2.45 bits per heavy atom. The normalized spacial score (nSPS) is 12.4. The fraction of sp³-hybridized carbons (Fsp3) is 0.588. The van der Waals surface area contributed by atoms with Crippen LogP contribution in [0.3, 0.4) is 0 Å². The minimum absolute atomic E-state index is 0.0466. The van der Waals surface area contributed by atoms with Crippen LogP contribution in [0, 0.1) is 12.8 Å². The summed E-state index contributed by atoms with van der Waals surface area (Å²) in [5.74, 6) is 1.09. The van der Waals surface area contributed by atoms with Gasteiger partial charge in [-0.25, -0.2) is 4.79 Å². The molecule has 0 radical (unpaired) electrons. The Bertz CT molecular complexity index is 487. The third-order valence-electron chi connectivity index (χ3n) is 3.36. The summed E-state index contributed by atoms with van der Waals surface area (Å²) in [4.78, 5) is 12.0. The molecular formula is C17H28N2O3. The Kier molecular flexibility index (Phi) is 7.18. The van der Waals surface area contributed by atoms with E-state index >= 15 is 0 Å². The molecule has 0 heterocycles. The van der Waals surface area contributed by atoms with E-state index < -0.39 is 0 Å². The zero-order chi connectivity index (χ0) is 16.7. The van der Waals surface area contributed by atoms with Crippen molar-refractivity contribution in [3.05, 3.63) is 23.8 Å². The van der Waals surface area contributed by atoms with E-state index in [1.54, 1.807) is 0 Å². The molecule has 5 heteroatoms. The van der Waals surface area contributed by atoms with Gasteiger partial charge in [0.1, 0.15) is 5.75 Å². The van der Waals surface area contributed by atoms with E-state index in [4.69, 9.17) is 9.84 Å². The summed E-state index contributed by atoms with van der Waals surface area (Å²) in [6.07, 6.45) is 0.664. The van der Waals surface area contributed by atoms with E-state index in [1.165, 1.54) is 0 Å². The van der Waals surface area contributed by atoms with Gasteiger partial charge in [0.25, 0.3) is 0 Å². The molecule has 0 aliphatic heterocycles. The maximum absolute atomic E-state index is 12.0. The highest BCUT2D eigenvalue weighted by Gasteiger charge is 2.15. The third-order valence-corrected chi connectivity index (χ3v) is 3.36. The number of benzene rings is 1. The monoisotopic (exact) mass is 308 g/mol. The van der Waals surface area contributed by atoms with Crippen molar-refractivity contribution in [3.8, 4) is 5.75 Å². The van der Waals surface area contributed by atoms with Crippen LogP contribution >= 0.6 is 0 Å². The van der Waals surface area contributed by atoms with E-state index in [1.807, 2.05) is 52.8 Å². The number of nitrogens with one attached hydrogen (secondary N) is 2. The van der Waals surface area contributed by atoms with E-state index in [0.717, 1.165) is 17.0 Å². The van der Waals surface area contributed by atoms with Crippen LogP contribution < -0.4 is 15.4 Å². The molecule has 1 aromatic rings. The number of ether oxygens (including phenoxy) is 1. The van der Waals surface area contributed by atoms with Gasteiger partial charge in [0, 0.05) is 18.3 Å². The molecule has 124 valence electrons. The quantitative estimate of drug-likeness (QED) is 0.723. The molecule has 1 aromatic carbocycles. The maximum Gasteiger partial charge on any atom is 0.319 e. The lowest BCUT2D eigenvalue weighted by atomic mass is 10.0. The number of aryl methyl sites for hydroxylation is 1. The molecule has 1 unspecified atom stereocenters. The number of anilines is 1. The topological polar surface area (TPSA) is 70.6 Å². The van der Waals surface area contributed by atoms with Crippen LogP contribution in [-0.4, -0.2) is 29.9 Å². The Hall–Kier alpha value is -1.75. The number of aliphatic hydroxyl groups excluding tert-OH is 1. The zero-order valence-corrected chi connectivity index (χ0v) is 14.1. The Labute approximate surface area is 133 Å². The van der Waals surface area contributed by atoms with Gasteiger partial charge < -0.3 is 20.5 Å². The van der Waals surface area contributed by atoms with E-state index in [2.05, 4.69) is 10.6 Å². The first-order chi connectivity index (χ1) is 10.3. The Balaban J connectivity index is 2.66. The van der Waals surface area contributed by atoms with Crippen molar-refractivity contribution in [1.82, 2.24) is 5.32 Å². The minimum atomic E-state index is -0.260. The first kappa shape index (κ1) is 18.3. The molecule has 0 spiro atoms. The summed E-state index contributed by atoms with van der Waals surface area (Å²) in [7, 11) is 0. The number of carbonyl (C=O) groups excluding carboxylic acids is 1. The van der Waals surface area contributed by atoms with Gasteiger partial charge >= 0.3 is 6.03 Å². The van der Waals surface area contributed by atoms with Gasteiger partial charge in [-0.15, -0.1) is 0 Å². The highest BCUT2D eigenvalue weighted by atomic mass is 16.5. The van der Waals surface area contributed by atoms with E-state index in [9.17, 15) is 4.79 Å². The molecule has 1 rings (SSSR count). The van der Waals surface area contributed by atoms with Gasteiger partial charge in [-0.2, -0.15) is 0 Å². The van der Waals surface area contributed by atoms with Gasteiger partial charge in [0.15, 0.2) is 0 Å². The molecule has 2 amide bonds. The molecule has 0 aliphatic carbocycles. The lowest BCUT2D eigenvalue weighted by Gasteiger charge is -2.22. The van der Waals surface area contributed by atoms with Crippen LogP contribution in [0.2, 0.25) is 0 Å². The predicted octanol–water partition coefficient (Wildman–Crippen LogP) is 3.31. The van der Waals surface area contributed by atoms with Crippen LogP contribution in [0.15, 0.2) is 18.2 Å². The van der Waals surface area contributed by atoms with Crippen LogP contribution in [0.25, 0.3) is 0 Å². The van der Waals surface area contributed by atoms with E-state index in [0.29, 0.717) is 6.42 Å². The minimum Gasteiger partial charge on any atom is -0.491 e. The highest BCUT2D eigenvalue weighted by Crippen LogP contribution is 2.23. The van der Waals surface area contributed by atoms with Crippen LogP contribution in [0.1, 0.15) is 39.7 Å². The lowest BCUT2D eigenvalue weighted by Crippen LogP contribution is -2.41. The van der Waals surface area contributed by atoms with Crippen molar-refractivity contribution in [2.24, 2.45) is 5.92 Å². The average molecular weight is 308 g/mol. The Morgan fingerprint density at radius 1 is 1.27 bits per heavy atom. The second-order valence-corrected chi connectivity index (χ2v) is 6.11. The number of amides is 2. The number of hydrogen-bond acceptors (Lipinski definition) is 3. The van der Waals surface area contributed by atoms with Crippen LogP contribution in [0.5, 0.6) is 5.75 Å². The number of hydrogen-bond donors (Lipinski definition) is 3. The van der Waals surface area contributed by atoms with Crippen molar-refractivity contribution in [1.29, 1.82) is 0 Å². The number of rotatable bonds is 7. The molecule has 0 bridgehead atoms. The largest absolute Gasteiger partial charge is 0.491 e. The lowest BCUT2D eigenvalue weighted by molar-refractivity contribution is 0.227. The molecule has 22 heavy (non-hydrogen) atoms. The van der Waals surface area contributed by atoms with Crippen molar-refractivity contribution in [3.63, 3.8) is 0 Å². The summed E-state index contributed by atoms with van der Waals surface area (Å²) < 4.78 is 5.68. The van der Waals surface area contributed by atoms with Gasteiger partial charge in [-0.3, -0.25) is 0 Å². The average Bonchev–Trinajstić information content (AvgIpc) is 2.41. The van der Waals surface area contributed by atoms with Crippen molar-refractivity contribution >= 4 is 11.7 Å². The van der Waals surface area contributed by atoms with Crippen molar-refractivity contribution in [2.75, 3.05) is 11.9 Å². The van der Waals surface area contributed by atoms with Gasteiger partial charge in [0.05, 0.1) is 6.10 Å². The predicted molar refractivity (Wildman–Crippen MR) is 89.4 cm³/mol. The standard InChI is InChI=1S/C17H28N2O3/c1-11(2)15(8-9-20)19-17(21)18-14-6-7-16(13(5)10-14)22-12(3)4/h6-7,10-12,15,20H,8-9H2,1-5H3,(H2,18,19,21). The van der Waals surface area contributed by atoms with Crippen LogP contribution in [0.4, 0.5) is 10.5 Å². The summed E-state index contributed by atoms with van der Waals surface area (Å²) in [5, 5.41) is 14.8. The summed E-state index contributed by atoms with van der Waals surface area (Å²) >= 11 is 0. The number of carbonyl (C=O) groups is 1. The number of urea groups is 1. The molecule has 0 saturated heterocycles. The van der Waals surface area contributed by atoms with E-state index in [-0.39, 0.29) is 30.7 Å². The fourth-order valence-electron chi connectivity index (χ4n) is 2.16. The molecule has 0 aromatic heterocycles. The SMILES string of the molecule is Cc1cc(NC(=O)NC(CCO)C(C)C)ccc1OC(C)C. The summed E-state index contributed by atoms with van der Waals surface area (Å²) in [6, 6.07) is 5.26. The second-order valence-electron chi connectivity index (χ2n) is 6.11. The Morgan fingerprint density at radius 2 is 1.95 bits per heavy atom. The fourth-order valence-corrected chi connectivity index (χ4v) is 2.16. The first-order valence-electron chi connectivity index (χ1n) is 7.79. The molecule has 1 atom stereocenters. The molecule has 5 nitrogen and oxygen atoms in total. The summed E-state index contributed by atoms with van der Waals surface area (Å²) in [6.45, 7) is 10.00. The second kappa shape index (κ2) is 8.63. The third kappa shape index (κ3) is 5.93. The van der Waals surface area contributed by atoms with Crippen molar-refractivity contribution < 1.29 is 14.6 Å². The molecular weight excluding hydrogens is 280 g/mol. The molecule has 3 N–H and O–H groups in total. The van der Waals surface area contributed by atoms with Gasteiger partial charge in [-0.05, 0) is 56.9 Å². The summed E-state index contributed by atoms with van der Waals surface area (Å²) in [5.41, 5.74) is 1.69.